The molecular formula is C39H54O8Si. The van der Waals surface area contributed by atoms with Gasteiger partial charge in [0.25, 0.3) is 0 Å². The van der Waals surface area contributed by atoms with Crippen LogP contribution in [0.5, 0.6) is 0 Å². The second-order valence-corrected chi connectivity index (χ2v) is 21.0. The zero-order valence-electron chi connectivity index (χ0n) is 29.4. The highest BCUT2D eigenvalue weighted by atomic mass is 28.4. The summed E-state index contributed by atoms with van der Waals surface area (Å²) in [6.45, 7) is 15.6. The summed E-state index contributed by atoms with van der Waals surface area (Å²) < 4.78 is 53.6. The van der Waals surface area contributed by atoms with Gasteiger partial charge in [0.2, 0.25) is 0 Å². The van der Waals surface area contributed by atoms with Crippen LogP contribution in [0.1, 0.15) is 71.9 Å². The number of hydrogen-bond acceptors (Lipinski definition) is 8. The average molecular weight is 679 g/mol. The predicted octanol–water partition coefficient (Wildman–Crippen LogP) is 7.04. The van der Waals surface area contributed by atoms with E-state index in [1.165, 1.54) is 0 Å². The largest absolute Gasteiger partial charge is 0.391 e. The summed E-state index contributed by atoms with van der Waals surface area (Å²) in [5, 5.41) is -0.173. The van der Waals surface area contributed by atoms with Crippen LogP contribution in [0.4, 0.5) is 0 Å². The third-order valence-corrected chi connectivity index (χ3v) is 15.8. The molecule has 0 radical (unpaired) electrons. The van der Waals surface area contributed by atoms with Crippen molar-refractivity contribution in [2.24, 2.45) is 0 Å². The molecule has 0 unspecified atom stereocenters. The second kappa shape index (κ2) is 14.0. The van der Waals surface area contributed by atoms with Crippen molar-refractivity contribution >= 4 is 8.56 Å². The summed E-state index contributed by atoms with van der Waals surface area (Å²) in [5.41, 5.74) is 2.27. The second-order valence-electron chi connectivity index (χ2n) is 16.2. The topological polar surface area (TPSA) is 73.8 Å². The minimum absolute atomic E-state index is 0.0630. The van der Waals surface area contributed by atoms with E-state index in [9.17, 15) is 0 Å². The van der Waals surface area contributed by atoms with Gasteiger partial charge in [-0.2, -0.15) is 0 Å². The Hall–Kier alpha value is -1.92. The number of rotatable bonds is 7. The molecule has 262 valence electrons. The van der Waals surface area contributed by atoms with Gasteiger partial charge in [-0.15, -0.1) is 0 Å². The van der Waals surface area contributed by atoms with Gasteiger partial charge in [0.15, 0.2) is 0 Å². The molecule has 2 aromatic carbocycles. The third-order valence-electron chi connectivity index (χ3n) is 10.7. The molecule has 0 saturated carbocycles. The van der Waals surface area contributed by atoms with Crippen LogP contribution in [-0.4, -0.2) is 82.8 Å². The summed E-state index contributed by atoms with van der Waals surface area (Å²) >= 11 is 0. The van der Waals surface area contributed by atoms with Crippen molar-refractivity contribution in [2.45, 2.75) is 145 Å². The van der Waals surface area contributed by atoms with Crippen LogP contribution in [0, 0.1) is 0 Å². The Kier molecular flexibility index (Phi) is 10.1. The molecule has 4 fully saturated rings. The van der Waals surface area contributed by atoms with Gasteiger partial charge in [-0.3, -0.25) is 0 Å². The normalized spacial score (nSPS) is 36.2. The molecule has 10 atom stereocenters. The van der Waals surface area contributed by atoms with Crippen molar-refractivity contribution in [2.75, 3.05) is 13.2 Å². The monoisotopic (exact) mass is 678 g/mol. The van der Waals surface area contributed by atoms with E-state index in [1.807, 2.05) is 36.4 Å². The van der Waals surface area contributed by atoms with E-state index >= 15 is 0 Å². The van der Waals surface area contributed by atoms with Crippen LogP contribution in [0.25, 0.3) is 0 Å². The summed E-state index contributed by atoms with van der Waals surface area (Å²) in [5.74, 6) is 0. The van der Waals surface area contributed by atoms with E-state index in [-0.39, 0.29) is 71.1 Å². The average Bonchev–Trinajstić information content (AvgIpc) is 3.23. The summed E-state index contributed by atoms with van der Waals surface area (Å²) in [6, 6.07) is 20.5. The quantitative estimate of drug-likeness (QED) is 0.228. The molecule has 5 aliphatic heterocycles. The molecule has 0 N–H and O–H groups in total. The predicted molar refractivity (Wildman–Crippen MR) is 185 cm³/mol. The van der Waals surface area contributed by atoms with Crippen LogP contribution in [0.15, 0.2) is 72.8 Å². The molecule has 4 saturated heterocycles. The fraction of sp³-hybridized carbons (Fsp3) is 0.641. The van der Waals surface area contributed by atoms with E-state index < -0.39 is 8.56 Å². The molecule has 2 aromatic rings. The Morgan fingerprint density at radius 2 is 1.19 bits per heavy atom. The van der Waals surface area contributed by atoms with E-state index in [4.69, 9.17) is 37.3 Å². The van der Waals surface area contributed by atoms with Crippen LogP contribution < -0.4 is 0 Å². The van der Waals surface area contributed by atoms with Gasteiger partial charge in [0, 0.05) is 29.3 Å². The minimum atomic E-state index is -2.62. The smallest absolute Gasteiger partial charge is 0.349 e. The van der Waals surface area contributed by atoms with Gasteiger partial charge in [-0.05, 0) is 11.1 Å². The first-order valence-electron chi connectivity index (χ1n) is 17.9. The number of benzene rings is 2. The lowest BCUT2D eigenvalue weighted by Crippen LogP contribution is -2.67. The first kappa shape index (κ1) is 34.5. The van der Waals surface area contributed by atoms with Crippen LogP contribution >= 0.6 is 0 Å². The van der Waals surface area contributed by atoms with Gasteiger partial charge in [-0.1, -0.05) is 114 Å². The van der Waals surface area contributed by atoms with Crippen molar-refractivity contribution < 1.29 is 37.3 Å². The lowest BCUT2D eigenvalue weighted by Gasteiger charge is -2.56. The molecule has 0 aliphatic carbocycles. The van der Waals surface area contributed by atoms with E-state index in [2.05, 4.69) is 78.0 Å². The fourth-order valence-corrected chi connectivity index (χ4v) is 13.4. The maximum absolute atomic E-state index is 7.07. The number of hydrogen-bond donors (Lipinski definition) is 0. The first-order chi connectivity index (χ1) is 23.0. The SMILES string of the molecule is CC(C)(C)[Si]1(C(C)(C)C)OC[C@H]2O[C@H]3C=C[C@H]4O[C@H]5C[C@@H](OCc6ccccc6)[C@H](COCc6ccccc6)O[C@@H]5C[C@@H]4O[C@@H]3C[C@@H]2O1. The van der Waals surface area contributed by atoms with Crippen LogP contribution in [0.2, 0.25) is 10.1 Å². The summed E-state index contributed by atoms with van der Waals surface area (Å²) in [7, 11) is -2.62. The zero-order chi connectivity index (χ0) is 33.5. The van der Waals surface area contributed by atoms with Crippen molar-refractivity contribution in [3.8, 4) is 0 Å². The third kappa shape index (κ3) is 7.13. The van der Waals surface area contributed by atoms with Gasteiger partial charge in [-0.25, -0.2) is 0 Å². The van der Waals surface area contributed by atoms with E-state index in [0.717, 1.165) is 30.4 Å². The van der Waals surface area contributed by atoms with Crippen molar-refractivity contribution in [3.05, 3.63) is 83.9 Å². The number of fused-ring (bicyclic) bond motifs is 4. The minimum Gasteiger partial charge on any atom is -0.391 e. The van der Waals surface area contributed by atoms with Gasteiger partial charge < -0.3 is 37.3 Å². The standard InChI is InChI=1S/C39H54O8Si/c1-38(2,3)48(39(4,5)6)42-25-37-35(47-48)21-32-29(44-37)18-17-28-31(45-32)20-34-33(43-28)19-30(41-23-27-15-11-8-12-16-27)36(46-34)24-40-22-26-13-9-7-10-14-26/h7-18,28-37H,19-25H2,1-6H3/t28-,29+,30-,31+,32-,33+,34-,35+,36+,37-/m1/s1. The highest BCUT2D eigenvalue weighted by molar-refractivity contribution is 6.73. The van der Waals surface area contributed by atoms with Gasteiger partial charge in [0.05, 0.1) is 63.1 Å². The Bertz CT molecular complexity index is 1360. The molecule has 0 bridgehead atoms. The highest BCUT2D eigenvalue weighted by Gasteiger charge is 2.63. The van der Waals surface area contributed by atoms with Crippen molar-refractivity contribution in [1.29, 1.82) is 0 Å². The fourth-order valence-electron chi connectivity index (χ4n) is 8.47. The maximum Gasteiger partial charge on any atom is 0.349 e. The Labute approximate surface area is 287 Å². The molecule has 0 spiro atoms. The zero-order valence-corrected chi connectivity index (χ0v) is 30.4. The Balaban J connectivity index is 1.03. The molecule has 5 heterocycles. The Morgan fingerprint density at radius 1 is 0.625 bits per heavy atom. The molecule has 7 rings (SSSR count). The number of ether oxygens (including phenoxy) is 6. The van der Waals surface area contributed by atoms with Crippen LogP contribution in [-0.2, 0) is 50.5 Å². The summed E-state index contributed by atoms with van der Waals surface area (Å²) in [4.78, 5) is 0. The molecular weight excluding hydrogens is 625 g/mol. The molecule has 0 aromatic heterocycles. The van der Waals surface area contributed by atoms with Crippen molar-refractivity contribution in [3.63, 3.8) is 0 Å². The van der Waals surface area contributed by atoms with Crippen LogP contribution in [0.3, 0.4) is 0 Å². The Morgan fingerprint density at radius 3 is 1.81 bits per heavy atom. The van der Waals surface area contributed by atoms with E-state index in [1.54, 1.807) is 0 Å². The highest BCUT2D eigenvalue weighted by Crippen LogP contribution is 2.55. The molecule has 9 heteroatoms. The lowest BCUT2D eigenvalue weighted by molar-refractivity contribution is -0.269. The molecule has 48 heavy (non-hydrogen) atoms. The molecule has 5 aliphatic rings. The van der Waals surface area contributed by atoms with Crippen molar-refractivity contribution in [1.82, 2.24) is 0 Å². The van der Waals surface area contributed by atoms with E-state index in [0.29, 0.717) is 26.4 Å². The molecule has 8 nitrogen and oxygen atoms in total. The lowest BCUT2D eigenvalue weighted by atomic mass is 9.90. The first-order valence-corrected chi connectivity index (χ1v) is 19.7. The molecule has 0 amide bonds. The maximum atomic E-state index is 7.07. The van der Waals surface area contributed by atoms with Gasteiger partial charge >= 0.3 is 8.56 Å². The van der Waals surface area contributed by atoms with Gasteiger partial charge in [0.1, 0.15) is 24.4 Å². The summed E-state index contributed by atoms with van der Waals surface area (Å²) in [6.07, 6.45) is 5.16.